The molecule has 0 radical (unpaired) electrons. The molecule has 4 fully saturated rings. The zero-order chi connectivity index (χ0) is 35.7. The SMILES string of the molecule is CC(=O)O[C@@H]1C[C@@H](C)[C@](O)(CCC2=CC(=O)OC2)[C@@]2([C@@H](O)CC[C@H](C)CCCc3ccccc3)[C@@H](O)CC[C@@](C)([C@@H]3CCC4(CCCC4)C3)[C@H]12. The molecule has 1 heterocycles. The minimum Gasteiger partial charge on any atom is -0.462 e. The molecule has 278 valence electrons. The van der Waals surface area contributed by atoms with Gasteiger partial charge in [-0.1, -0.05) is 70.4 Å². The van der Waals surface area contributed by atoms with Crippen molar-refractivity contribution in [3.63, 3.8) is 0 Å². The van der Waals surface area contributed by atoms with Crippen LogP contribution in [0.3, 0.4) is 0 Å². The Bertz CT molecular complexity index is 1370. The summed E-state index contributed by atoms with van der Waals surface area (Å²) < 4.78 is 11.5. The second-order valence-corrected chi connectivity index (χ2v) is 17.8. The second kappa shape index (κ2) is 15.0. The normalized spacial score (nSPS) is 37.6. The summed E-state index contributed by atoms with van der Waals surface area (Å²) in [4.78, 5) is 24.8. The monoisotopic (exact) mass is 692 g/mol. The quantitative estimate of drug-likeness (QED) is 0.180. The Hall–Kier alpha value is -2.22. The molecule has 7 nitrogen and oxygen atoms in total. The van der Waals surface area contributed by atoms with Crippen LogP contribution in [0.15, 0.2) is 42.0 Å². The number of aliphatic hydroxyl groups excluding tert-OH is 2. The summed E-state index contributed by atoms with van der Waals surface area (Å²) >= 11 is 0. The highest BCUT2D eigenvalue weighted by Crippen LogP contribution is 2.71. The van der Waals surface area contributed by atoms with Crippen molar-refractivity contribution in [2.45, 2.75) is 161 Å². The van der Waals surface area contributed by atoms with Gasteiger partial charge in [0.15, 0.2) is 0 Å². The summed E-state index contributed by atoms with van der Waals surface area (Å²) in [6.45, 7) is 8.26. The van der Waals surface area contributed by atoms with Gasteiger partial charge in [0.25, 0.3) is 0 Å². The summed E-state index contributed by atoms with van der Waals surface area (Å²) in [5, 5.41) is 38.8. The standard InChI is InChI=1S/C43H64O7/c1-29(11-10-14-32-12-6-5-7-13-32)15-16-36(45)43-37(46)19-22-40(4,34-18-23-41(27-34)20-8-9-21-41)39(43)35(50-31(3)44)25-30(2)42(43,48)24-17-33-26-38(47)49-28-33/h5-7,12-13,26,29-30,34-37,39,45-46,48H,8-11,14-25,27-28H2,1-4H3/t29-,30-,34-,35-,36+,37+,39+,40+,42-,43+/m1/s1. The number of hydrogen-bond donors (Lipinski definition) is 3. The van der Waals surface area contributed by atoms with Gasteiger partial charge in [-0.05, 0) is 130 Å². The molecule has 1 aliphatic heterocycles. The molecule has 7 heteroatoms. The third-order valence-electron chi connectivity index (χ3n) is 14.9. The van der Waals surface area contributed by atoms with Crippen molar-refractivity contribution < 1.29 is 34.4 Å². The van der Waals surface area contributed by atoms with Gasteiger partial charge in [-0.25, -0.2) is 4.79 Å². The number of cyclic esters (lactones) is 1. The summed E-state index contributed by atoms with van der Waals surface area (Å²) in [6.07, 6.45) is 14.4. The number of aliphatic hydroxyl groups is 3. The molecule has 0 aromatic heterocycles. The number of fused-ring (bicyclic) bond motifs is 1. The summed E-state index contributed by atoms with van der Waals surface area (Å²) in [5.74, 6) is -0.764. The predicted octanol–water partition coefficient (Wildman–Crippen LogP) is 7.88. The third kappa shape index (κ3) is 6.97. The molecule has 0 bridgehead atoms. The minimum atomic E-state index is -1.46. The lowest BCUT2D eigenvalue weighted by Crippen LogP contribution is -2.77. The molecule has 4 aliphatic carbocycles. The topological polar surface area (TPSA) is 113 Å². The van der Waals surface area contributed by atoms with E-state index in [0.717, 1.165) is 50.5 Å². The highest BCUT2D eigenvalue weighted by Gasteiger charge is 2.74. The molecule has 1 aromatic rings. The first kappa shape index (κ1) is 37.5. The van der Waals surface area contributed by atoms with Crippen LogP contribution in [-0.4, -0.2) is 57.8 Å². The maximum atomic E-state index is 13.4. The van der Waals surface area contributed by atoms with Crippen molar-refractivity contribution in [2.75, 3.05) is 6.61 Å². The molecule has 0 amide bonds. The maximum absolute atomic E-state index is 13.4. The van der Waals surface area contributed by atoms with E-state index < -0.39 is 35.2 Å². The van der Waals surface area contributed by atoms with Crippen LogP contribution in [0.4, 0.5) is 0 Å². The summed E-state index contributed by atoms with van der Waals surface area (Å²) in [7, 11) is 0. The Kier molecular flexibility index (Phi) is 11.3. The molecule has 6 rings (SSSR count). The van der Waals surface area contributed by atoms with Gasteiger partial charge in [-0.3, -0.25) is 4.79 Å². The smallest absolute Gasteiger partial charge is 0.331 e. The predicted molar refractivity (Wildman–Crippen MR) is 194 cm³/mol. The van der Waals surface area contributed by atoms with Gasteiger partial charge in [0, 0.05) is 18.9 Å². The Morgan fingerprint density at radius 1 is 1.04 bits per heavy atom. The number of benzene rings is 1. The van der Waals surface area contributed by atoms with E-state index in [1.807, 2.05) is 13.0 Å². The van der Waals surface area contributed by atoms with Crippen LogP contribution in [0.2, 0.25) is 0 Å². The fourth-order valence-corrected chi connectivity index (χ4v) is 12.3. The zero-order valence-electron chi connectivity index (χ0n) is 31.2. The molecule has 50 heavy (non-hydrogen) atoms. The third-order valence-corrected chi connectivity index (χ3v) is 14.9. The zero-order valence-corrected chi connectivity index (χ0v) is 31.2. The Morgan fingerprint density at radius 3 is 2.46 bits per heavy atom. The van der Waals surface area contributed by atoms with Gasteiger partial charge >= 0.3 is 11.9 Å². The van der Waals surface area contributed by atoms with E-state index in [1.165, 1.54) is 50.7 Å². The number of rotatable bonds is 13. The Balaban J connectivity index is 1.35. The lowest BCUT2D eigenvalue weighted by molar-refractivity contribution is -0.326. The number of hydrogen-bond acceptors (Lipinski definition) is 7. The van der Waals surface area contributed by atoms with Crippen LogP contribution < -0.4 is 0 Å². The van der Waals surface area contributed by atoms with E-state index in [9.17, 15) is 24.9 Å². The van der Waals surface area contributed by atoms with Gasteiger partial charge in [0.05, 0.1) is 23.2 Å². The van der Waals surface area contributed by atoms with E-state index in [4.69, 9.17) is 9.47 Å². The number of carbonyl (C=O) groups excluding carboxylic acids is 2. The van der Waals surface area contributed by atoms with Crippen molar-refractivity contribution in [3.05, 3.63) is 47.5 Å². The van der Waals surface area contributed by atoms with Crippen molar-refractivity contribution >= 4 is 11.9 Å². The maximum Gasteiger partial charge on any atom is 0.331 e. The van der Waals surface area contributed by atoms with Gasteiger partial charge in [0.1, 0.15) is 12.7 Å². The van der Waals surface area contributed by atoms with Crippen LogP contribution in [0, 0.1) is 39.9 Å². The minimum absolute atomic E-state index is 0.212. The highest BCUT2D eigenvalue weighted by atomic mass is 16.5. The molecule has 3 N–H and O–H groups in total. The summed E-state index contributed by atoms with van der Waals surface area (Å²) in [6, 6.07) is 10.5. The average Bonchev–Trinajstić information content (AvgIpc) is 3.85. The largest absolute Gasteiger partial charge is 0.462 e. The van der Waals surface area contributed by atoms with E-state index >= 15 is 0 Å². The summed E-state index contributed by atoms with van der Waals surface area (Å²) in [5.41, 5.74) is -0.569. The molecule has 1 spiro atoms. The molecule has 10 atom stereocenters. The first-order valence-corrected chi connectivity index (χ1v) is 20.0. The van der Waals surface area contributed by atoms with Crippen molar-refractivity contribution in [1.29, 1.82) is 0 Å². The highest BCUT2D eigenvalue weighted by molar-refractivity contribution is 5.85. The fourth-order valence-electron chi connectivity index (χ4n) is 12.3. The number of ether oxygens (including phenoxy) is 2. The van der Waals surface area contributed by atoms with E-state index in [-0.39, 0.29) is 29.9 Å². The van der Waals surface area contributed by atoms with Crippen LogP contribution in [-0.2, 0) is 25.5 Å². The van der Waals surface area contributed by atoms with Gasteiger partial charge < -0.3 is 24.8 Å². The fraction of sp³-hybridized carbons (Fsp3) is 0.767. The Labute approximate surface area is 300 Å². The lowest BCUT2D eigenvalue weighted by atomic mass is 9.38. The molecule has 1 aromatic carbocycles. The van der Waals surface area contributed by atoms with Crippen molar-refractivity contribution in [3.8, 4) is 0 Å². The van der Waals surface area contributed by atoms with Crippen LogP contribution in [0.25, 0.3) is 0 Å². The molecule has 4 saturated carbocycles. The van der Waals surface area contributed by atoms with Gasteiger partial charge in [-0.2, -0.15) is 0 Å². The van der Waals surface area contributed by atoms with E-state index in [1.54, 1.807) is 0 Å². The van der Waals surface area contributed by atoms with E-state index in [2.05, 4.69) is 38.1 Å². The van der Waals surface area contributed by atoms with Crippen molar-refractivity contribution in [1.82, 2.24) is 0 Å². The molecule has 0 saturated heterocycles. The van der Waals surface area contributed by atoms with Gasteiger partial charge in [0.2, 0.25) is 0 Å². The Morgan fingerprint density at radius 2 is 1.78 bits per heavy atom. The van der Waals surface area contributed by atoms with Gasteiger partial charge in [-0.15, -0.1) is 0 Å². The molecular weight excluding hydrogens is 628 g/mol. The van der Waals surface area contributed by atoms with Crippen LogP contribution in [0.5, 0.6) is 0 Å². The number of aryl methyl sites for hydroxylation is 1. The second-order valence-electron chi connectivity index (χ2n) is 17.8. The molecule has 5 aliphatic rings. The number of carbonyl (C=O) groups is 2. The number of esters is 2. The molecular formula is C43H64O7. The van der Waals surface area contributed by atoms with Crippen molar-refractivity contribution in [2.24, 2.45) is 39.9 Å². The first-order valence-electron chi connectivity index (χ1n) is 20.0. The lowest BCUT2D eigenvalue weighted by Gasteiger charge is -2.70. The van der Waals surface area contributed by atoms with Crippen LogP contribution in [0.1, 0.15) is 136 Å². The van der Waals surface area contributed by atoms with E-state index in [0.29, 0.717) is 49.4 Å². The first-order chi connectivity index (χ1) is 23.8. The van der Waals surface area contributed by atoms with Crippen LogP contribution >= 0.6 is 0 Å². The molecule has 0 unspecified atom stereocenters. The average molecular weight is 693 g/mol.